The third-order valence-corrected chi connectivity index (χ3v) is 5.84. The molecule has 0 aliphatic carbocycles. The van der Waals surface area contributed by atoms with E-state index in [2.05, 4.69) is 14.9 Å². The molecule has 0 spiro atoms. The second-order valence-electron chi connectivity index (χ2n) is 6.81. The van der Waals surface area contributed by atoms with Gasteiger partial charge >= 0.3 is 6.18 Å². The monoisotopic (exact) mass is 411 g/mol. The average Bonchev–Trinajstić information content (AvgIpc) is 3.07. The molecule has 0 amide bonds. The van der Waals surface area contributed by atoms with Crippen molar-refractivity contribution in [2.75, 3.05) is 12.3 Å². The number of hydrogen-bond acceptors (Lipinski definition) is 3. The summed E-state index contributed by atoms with van der Waals surface area (Å²) in [5, 5.41) is 7.78. The molecule has 0 bridgehead atoms. The van der Waals surface area contributed by atoms with E-state index in [0.717, 1.165) is 22.0 Å². The first-order chi connectivity index (χ1) is 13.1. The summed E-state index contributed by atoms with van der Waals surface area (Å²) in [5.41, 5.74) is 2.75. The van der Waals surface area contributed by atoms with E-state index in [-0.39, 0.29) is 18.4 Å². The van der Waals surface area contributed by atoms with E-state index in [4.69, 9.17) is 0 Å². The minimum absolute atomic E-state index is 0.110. The van der Waals surface area contributed by atoms with E-state index in [9.17, 15) is 21.6 Å². The van der Waals surface area contributed by atoms with Crippen molar-refractivity contribution in [3.8, 4) is 0 Å². The van der Waals surface area contributed by atoms with Crippen LogP contribution in [0.5, 0.6) is 0 Å². The van der Waals surface area contributed by atoms with Crippen LogP contribution in [0, 0.1) is 5.92 Å². The van der Waals surface area contributed by atoms with Crippen LogP contribution < -0.4 is 4.72 Å². The zero-order valence-electron chi connectivity index (χ0n) is 15.1. The highest BCUT2D eigenvalue weighted by atomic mass is 32.2. The molecule has 0 fully saturated rings. The van der Waals surface area contributed by atoms with Crippen molar-refractivity contribution < 1.29 is 21.6 Å². The summed E-state index contributed by atoms with van der Waals surface area (Å²) < 4.78 is 62.9. The Labute approximate surface area is 161 Å². The van der Waals surface area contributed by atoms with E-state index in [1.165, 1.54) is 0 Å². The number of benzene rings is 2. The molecule has 0 saturated heterocycles. The first-order valence-corrected chi connectivity index (χ1v) is 10.3. The van der Waals surface area contributed by atoms with Crippen molar-refractivity contribution in [3.05, 3.63) is 65.9 Å². The molecule has 1 unspecified atom stereocenters. The molecular formula is C19H20F3N3O2S. The lowest BCUT2D eigenvalue weighted by molar-refractivity contribution is -0.106. The second kappa shape index (κ2) is 7.92. The van der Waals surface area contributed by atoms with Crippen LogP contribution in [0.2, 0.25) is 0 Å². The van der Waals surface area contributed by atoms with Crippen molar-refractivity contribution in [2.24, 2.45) is 5.92 Å². The standard InChI is InChI=1S/C19H20F3N3O2S/c1-13(10-24-28(26,27)12-19(20,21)22)18(14-5-3-2-4-6-14)15-7-8-17-16(9-15)11-23-25-17/h2-9,11,13,18,24H,10,12H2,1H3,(H,23,25)/t13?,18-/m1/s1. The molecule has 0 radical (unpaired) electrons. The molecule has 9 heteroatoms. The molecule has 0 aliphatic rings. The lowest BCUT2D eigenvalue weighted by Gasteiger charge is -2.25. The molecule has 5 nitrogen and oxygen atoms in total. The number of nitrogens with one attached hydrogen (secondary N) is 2. The number of hydrogen-bond donors (Lipinski definition) is 2. The maximum Gasteiger partial charge on any atom is 0.404 e. The van der Waals surface area contributed by atoms with Crippen molar-refractivity contribution in [1.82, 2.24) is 14.9 Å². The molecule has 150 valence electrons. The van der Waals surface area contributed by atoms with E-state index in [0.29, 0.717) is 0 Å². The average molecular weight is 411 g/mol. The van der Waals surface area contributed by atoms with Crippen molar-refractivity contribution in [3.63, 3.8) is 0 Å². The summed E-state index contributed by atoms with van der Waals surface area (Å²) in [6.07, 6.45) is -3.09. The third-order valence-electron chi connectivity index (χ3n) is 4.53. The quantitative estimate of drug-likeness (QED) is 0.621. The van der Waals surface area contributed by atoms with Gasteiger partial charge in [0.15, 0.2) is 5.75 Å². The van der Waals surface area contributed by atoms with Crippen LogP contribution in [0.25, 0.3) is 10.9 Å². The van der Waals surface area contributed by atoms with Gasteiger partial charge in [-0.05, 0) is 29.2 Å². The molecule has 2 N–H and O–H groups in total. The number of H-pyrrole nitrogens is 1. The summed E-state index contributed by atoms with van der Waals surface area (Å²) in [5.74, 6) is -2.37. The zero-order valence-corrected chi connectivity index (χ0v) is 15.9. The Hall–Kier alpha value is -2.39. The summed E-state index contributed by atoms with van der Waals surface area (Å²) in [4.78, 5) is 0. The molecule has 3 rings (SSSR count). The van der Waals surface area contributed by atoms with Gasteiger partial charge in [0.2, 0.25) is 10.0 Å². The van der Waals surface area contributed by atoms with Crippen LogP contribution in [0.15, 0.2) is 54.7 Å². The Morgan fingerprint density at radius 2 is 1.82 bits per heavy atom. The minimum Gasteiger partial charge on any atom is -0.278 e. The summed E-state index contributed by atoms with van der Waals surface area (Å²) >= 11 is 0. The molecule has 1 heterocycles. The maximum absolute atomic E-state index is 12.5. The maximum atomic E-state index is 12.5. The van der Waals surface area contributed by atoms with Gasteiger partial charge in [-0.25, -0.2) is 13.1 Å². The Morgan fingerprint density at radius 3 is 2.50 bits per heavy atom. The molecule has 28 heavy (non-hydrogen) atoms. The number of alkyl halides is 3. The van der Waals surface area contributed by atoms with E-state index in [1.54, 1.807) is 6.20 Å². The van der Waals surface area contributed by atoms with Crippen molar-refractivity contribution in [1.29, 1.82) is 0 Å². The minimum atomic E-state index is -4.78. The summed E-state index contributed by atoms with van der Waals surface area (Å²) in [7, 11) is -4.45. The van der Waals surface area contributed by atoms with Crippen LogP contribution >= 0.6 is 0 Å². The number of fused-ring (bicyclic) bond motifs is 1. The third kappa shape index (κ3) is 5.11. The molecule has 2 aromatic carbocycles. The highest BCUT2D eigenvalue weighted by Crippen LogP contribution is 2.33. The Morgan fingerprint density at radius 1 is 1.11 bits per heavy atom. The molecule has 0 saturated carbocycles. The number of halogens is 3. The lowest BCUT2D eigenvalue weighted by atomic mass is 9.81. The zero-order chi connectivity index (χ0) is 20.4. The van der Waals surface area contributed by atoms with Crippen LogP contribution in [0.1, 0.15) is 24.0 Å². The largest absolute Gasteiger partial charge is 0.404 e. The number of aromatic nitrogens is 2. The fourth-order valence-corrected chi connectivity index (χ4v) is 4.36. The van der Waals surface area contributed by atoms with Gasteiger partial charge in [0.1, 0.15) is 0 Å². The van der Waals surface area contributed by atoms with Gasteiger partial charge < -0.3 is 0 Å². The number of sulfonamides is 1. The topological polar surface area (TPSA) is 74.8 Å². The predicted molar refractivity (Wildman–Crippen MR) is 101 cm³/mol. The fraction of sp³-hybridized carbons (Fsp3) is 0.316. The number of aromatic amines is 1. The van der Waals surface area contributed by atoms with Crippen molar-refractivity contribution in [2.45, 2.75) is 19.0 Å². The first-order valence-electron chi connectivity index (χ1n) is 8.67. The van der Waals surface area contributed by atoms with Crippen molar-refractivity contribution >= 4 is 20.9 Å². The lowest BCUT2D eigenvalue weighted by Crippen LogP contribution is -2.37. The van der Waals surface area contributed by atoms with Crippen LogP contribution in [-0.4, -0.2) is 37.1 Å². The number of nitrogens with zero attached hydrogens (tertiary/aromatic N) is 1. The molecule has 0 aliphatic heterocycles. The van der Waals surface area contributed by atoms with E-state index < -0.39 is 22.0 Å². The van der Waals surface area contributed by atoms with Gasteiger partial charge in [-0.15, -0.1) is 0 Å². The molecule has 2 atom stereocenters. The smallest absolute Gasteiger partial charge is 0.278 e. The highest BCUT2D eigenvalue weighted by molar-refractivity contribution is 7.89. The predicted octanol–water partition coefficient (Wildman–Crippen LogP) is 3.81. The van der Waals surface area contributed by atoms with Gasteiger partial charge in [-0.3, -0.25) is 5.10 Å². The van der Waals surface area contributed by atoms with Crippen LogP contribution in [-0.2, 0) is 10.0 Å². The van der Waals surface area contributed by atoms with E-state index in [1.807, 2.05) is 55.5 Å². The summed E-state index contributed by atoms with van der Waals surface area (Å²) in [6, 6.07) is 15.2. The Balaban J connectivity index is 1.87. The van der Waals surface area contributed by atoms with Gasteiger partial charge in [0.05, 0.1) is 11.7 Å². The Kier molecular flexibility index (Phi) is 5.76. The molecule has 3 aromatic rings. The van der Waals surface area contributed by atoms with Gasteiger partial charge in [0.25, 0.3) is 0 Å². The highest BCUT2D eigenvalue weighted by Gasteiger charge is 2.35. The number of rotatable bonds is 7. The SMILES string of the molecule is CC(CNS(=O)(=O)CC(F)(F)F)[C@H](c1ccccc1)c1ccc2[nH]ncc2c1. The first kappa shape index (κ1) is 20.3. The summed E-state index contributed by atoms with van der Waals surface area (Å²) in [6.45, 7) is 1.70. The van der Waals surface area contributed by atoms with Gasteiger partial charge in [-0.2, -0.15) is 18.3 Å². The molecule has 1 aromatic heterocycles. The van der Waals surface area contributed by atoms with Gasteiger partial charge in [-0.1, -0.05) is 43.3 Å². The fourth-order valence-electron chi connectivity index (χ4n) is 3.31. The normalized spacial score (nSPS) is 14.9. The molecular weight excluding hydrogens is 391 g/mol. The van der Waals surface area contributed by atoms with Crippen LogP contribution in [0.4, 0.5) is 13.2 Å². The van der Waals surface area contributed by atoms with Crippen LogP contribution in [0.3, 0.4) is 0 Å². The van der Waals surface area contributed by atoms with Gasteiger partial charge in [0, 0.05) is 17.8 Å². The van der Waals surface area contributed by atoms with E-state index >= 15 is 0 Å². The second-order valence-corrected chi connectivity index (χ2v) is 8.61. The Bertz CT molecular complexity index is 1030.